The minimum Gasteiger partial charge on any atom is -0.272 e. The Kier molecular flexibility index (Phi) is 4.24. The van der Waals surface area contributed by atoms with Gasteiger partial charge in [0.15, 0.2) is 6.61 Å². The van der Waals surface area contributed by atoms with E-state index in [0.29, 0.717) is 0 Å². The van der Waals surface area contributed by atoms with Crippen LogP contribution < -0.4 is 5.48 Å². The lowest BCUT2D eigenvalue weighted by molar-refractivity contribution is -0.191. The number of hydrogen-bond acceptors (Lipinski definition) is 2. The van der Waals surface area contributed by atoms with Gasteiger partial charge in [-0.05, 0) is 16.3 Å². The zero-order chi connectivity index (χ0) is 14.6. The second-order valence-corrected chi connectivity index (χ2v) is 4.24. The fourth-order valence-electron chi connectivity index (χ4n) is 1.85. The van der Waals surface area contributed by atoms with Gasteiger partial charge in [-0.1, -0.05) is 42.5 Å². The highest BCUT2D eigenvalue weighted by molar-refractivity contribution is 5.89. The van der Waals surface area contributed by atoms with Crippen LogP contribution in [-0.4, -0.2) is 18.7 Å². The number of carbonyl (C=O) groups excluding carboxylic acids is 1. The smallest absolute Gasteiger partial charge is 0.272 e. The summed E-state index contributed by atoms with van der Waals surface area (Å²) in [6, 6.07) is 12.9. The minimum absolute atomic E-state index is 0.0424. The van der Waals surface area contributed by atoms with Gasteiger partial charge in [0.1, 0.15) is 0 Å². The van der Waals surface area contributed by atoms with E-state index < -0.39 is 18.7 Å². The molecule has 1 N–H and O–H groups in total. The number of fused-ring (bicyclic) bond motifs is 1. The number of halogens is 3. The molecule has 0 bridgehead atoms. The Bertz CT molecular complexity index is 605. The van der Waals surface area contributed by atoms with E-state index in [9.17, 15) is 18.0 Å². The van der Waals surface area contributed by atoms with E-state index >= 15 is 0 Å². The molecule has 0 heterocycles. The van der Waals surface area contributed by atoms with Gasteiger partial charge >= 0.3 is 6.18 Å². The molecule has 106 valence electrons. The Morgan fingerprint density at radius 3 is 2.55 bits per heavy atom. The van der Waals surface area contributed by atoms with Gasteiger partial charge in [-0.2, -0.15) is 13.2 Å². The largest absolute Gasteiger partial charge is 0.414 e. The van der Waals surface area contributed by atoms with Crippen LogP contribution in [0.4, 0.5) is 13.2 Å². The normalized spacial score (nSPS) is 11.6. The van der Waals surface area contributed by atoms with Crippen LogP contribution in [0.3, 0.4) is 0 Å². The first-order valence-electron chi connectivity index (χ1n) is 5.90. The van der Waals surface area contributed by atoms with Crippen LogP contribution in [0.1, 0.15) is 5.56 Å². The van der Waals surface area contributed by atoms with E-state index in [4.69, 9.17) is 0 Å². The molecule has 0 aliphatic carbocycles. The number of rotatable bonds is 4. The molecule has 0 atom stereocenters. The van der Waals surface area contributed by atoms with E-state index in [2.05, 4.69) is 4.84 Å². The molecule has 0 spiro atoms. The van der Waals surface area contributed by atoms with Crippen LogP contribution in [0.15, 0.2) is 42.5 Å². The van der Waals surface area contributed by atoms with Gasteiger partial charge in [0.2, 0.25) is 5.91 Å². The van der Waals surface area contributed by atoms with Gasteiger partial charge in [-0.3, -0.25) is 9.63 Å². The molecular formula is C14H12F3NO2. The van der Waals surface area contributed by atoms with Crippen LogP contribution >= 0.6 is 0 Å². The molecule has 0 saturated heterocycles. The van der Waals surface area contributed by atoms with Crippen LogP contribution in [0.25, 0.3) is 10.8 Å². The Morgan fingerprint density at radius 1 is 1.10 bits per heavy atom. The first kappa shape index (κ1) is 14.3. The molecule has 0 fully saturated rings. The lowest BCUT2D eigenvalue weighted by Crippen LogP contribution is -2.30. The molecule has 2 aromatic rings. The predicted octanol–water partition coefficient (Wildman–Crippen LogP) is 2.99. The molecule has 3 nitrogen and oxygen atoms in total. The number of nitrogens with one attached hydrogen (secondary N) is 1. The fourth-order valence-corrected chi connectivity index (χ4v) is 1.85. The molecule has 0 aliphatic rings. The number of hydrogen-bond donors (Lipinski definition) is 1. The number of carbonyl (C=O) groups is 1. The van der Waals surface area contributed by atoms with Crippen molar-refractivity contribution < 1.29 is 22.8 Å². The van der Waals surface area contributed by atoms with Gasteiger partial charge in [-0.15, -0.1) is 0 Å². The third-order valence-corrected chi connectivity index (χ3v) is 2.65. The molecule has 20 heavy (non-hydrogen) atoms. The Balaban J connectivity index is 2.00. The first-order valence-corrected chi connectivity index (χ1v) is 5.90. The summed E-state index contributed by atoms with van der Waals surface area (Å²) in [6.45, 7) is -1.51. The average molecular weight is 283 g/mol. The summed E-state index contributed by atoms with van der Waals surface area (Å²) in [5.41, 5.74) is 2.53. The van der Waals surface area contributed by atoms with Gasteiger partial charge in [-0.25, -0.2) is 5.48 Å². The lowest BCUT2D eigenvalue weighted by Gasteiger charge is -2.09. The van der Waals surface area contributed by atoms with Gasteiger partial charge < -0.3 is 0 Å². The van der Waals surface area contributed by atoms with Crippen molar-refractivity contribution in [2.45, 2.75) is 12.6 Å². The minimum atomic E-state index is -4.47. The van der Waals surface area contributed by atoms with Gasteiger partial charge in [0.25, 0.3) is 0 Å². The number of amides is 1. The van der Waals surface area contributed by atoms with Crippen molar-refractivity contribution in [3.8, 4) is 0 Å². The van der Waals surface area contributed by atoms with Gasteiger partial charge in [0, 0.05) is 0 Å². The Labute approximate surface area is 113 Å². The zero-order valence-corrected chi connectivity index (χ0v) is 10.4. The predicted molar refractivity (Wildman–Crippen MR) is 67.8 cm³/mol. The summed E-state index contributed by atoms with van der Waals surface area (Å²) in [5, 5.41) is 1.86. The highest BCUT2D eigenvalue weighted by Gasteiger charge is 2.28. The van der Waals surface area contributed by atoms with Crippen LogP contribution in [-0.2, 0) is 16.1 Å². The average Bonchev–Trinajstić information content (AvgIpc) is 2.37. The maximum absolute atomic E-state index is 11.9. The third kappa shape index (κ3) is 3.96. The van der Waals surface area contributed by atoms with E-state index in [1.807, 2.05) is 30.3 Å². The standard InChI is InChI=1S/C14H12F3NO2/c15-14(16,17)9-20-18-13(19)8-11-6-3-5-10-4-1-2-7-12(10)11/h1-7H,8-9H2,(H,18,19). The topological polar surface area (TPSA) is 38.3 Å². The molecule has 0 unspecified atom stereocenters. The summed E-state index contributed by atoms with van der Waals surface area (Å²) >= 11 is 0. The summed E-state index contributed by atoms with van der Waals surface area (Å²) in [7, 11) is 0. The second kappa shape index (κ2) is 5.92. The van der Waals surface area contributed by atoms with E-state index in [1.165, 1.54) is 0 Å². The SMILES string of the molecule is O=C(Cc1cccc2ccccc12)NOCC(F)(F)F. The van der Waals surface area contributed by atoms with Crippen molar-refractivity contribution in [2.75, 3.05) is 6.61 Å². The summed E-state index contributed by atoms with van der Waals surface area (Å²) in [5.74, 6) is -0.620. The van der Waals surface area contributed by atoms with E-state index in [0.717, 1.165) is 16.3 Å². The Morgan fingerprint density at radius 2 is 1.80 bits per heavy atom. The van der Waals surface area contributed by atoms with Crippen LogP contribution in [0.2, 0.25) is 0 Å². The molecule has 1 amide bonds. The molecule has 6 heteroatoms. The lowest BCUT2D eigenvalue weighted by atomic mass is 10.0. The summed E-state index contributed by atoms with van der Waals surface area (Å²) in [6.07, 6.45) is -4.51. The van der Waals surface area contributed by atoms with Crippen molar-refractivity contribution in [3.05, 3.63) is 48.0 Å². The molecule has 0 aliphatic heterocycles. The summed E-state index contributed by atoms with van der Waals surface area (Å²) in [4.78, 5) is 15.7. The fraction of sp³-hybridized carbons (Fsp3) is 0.214. The van der Waals surface area contributed by atoms with Crippen LogP contribution in [0, 0.1) is 0 Å². The van der Waals surface area contributed by atoms with E-state index in [1.54, 1.807) is 17.6 Å². The molecular weight excluding hydrogens is 271 g/mol. The van der Waals surface area contributed by atoms with Crippen molar-refractivity contribution in [1.82, 2.24) is 5.48 Å². The van der Waals surface area contributed by atoms with Gasteiger partial charge in [0.05, 0.1) is 6.42 Å². The maximum atomic E-state index is 11.9. The first-order chi connectivity index (χ1) is 9.46. The van der Waals surface area contributed by atoms with E-state index in [-0.39, 0.29) is 6.42 Å². The highest BCUT2D eigenvalue weighted by atomic mass is 19.4. The maximum Gasteiger partial charge on any atom is 0.414 e. The van der Waals surface area contributed by atoms with Crippen molar-refractivity contribution >= 4 is 16.7 Å². The number of benzene rings is 2. The highest BCUT2D eigenvalue weighted by Crippen LogP contribution is 2.19. The zero-order valence-electron chi connectivity index (χ0n) is 10.4. The molecule has 0 saturated carbocycles. The second-order valence-electron chi connectivity index (χ2n) is 4.24. The quantitative estimate of drug-likeness (QED) is 0.876. The van der Waals surface area contributed by atoms with Crippen molar-refractivity contribution in [1.29, 1.82) is 0 Å². The Hall–Kier alpha value is -2.08. The van der Waals surface area contributed by atoms with Crippen molar-refractivity contribution in [2.24, 2.45) is 0 Å². The van der Waals surface area contributed by atoms with Crippen molar-refractivity contribution in [3.63, 3.8) is 0 Å². The third-order valence-electron chi connectivity index (χ3n) is 2.65. The van der Waals surface area contributed by atoms with Crippen LogP contribution in [0.5, 0.6) is 0 Å². The monoisotopic (exact) mass is 283 g/mol. The molecule has 2 rings (SSSR count). The summed E-state index contributed by atoms with van der Waals surface area (Å²) < 4.78 is 35.6. The molecule has 2 aromatic carbocycles. The number of hydroxylamine groups is 1. The molecule has 0 aromatic heterocycles. The molecule has 0 radical (unpaired) electrons. The number of alkyl halides is 3.